The van der Waals surface area contributed by atoms with Crippen LogP contribution >= 0.6 is 23.6 Å². The van der Waals surface area contributed by atoms with Gasteiger partial charge in [0.05, 0.1) is 36.2 Å². The first-order chi connectivity index (χ1) is 16.2. The molecule has 2 N–H and O–H groups in total. The number of carbonyl (C=O) groups is 1. The molecule has 0 radical (unpaired) electrons. The number of amides is 1. The molecule has 2 aliphatic heterocycles. The van der Waals surface area contributed by atoms with Gasteiger partial charge in [-0.05, 0) is 37.2 Å². The summed E-state index contributed by atoms with van der Waals surface area (Å²) in [5.74, 6) is 0.189. The molecule has 0 bridgehead atoms. The molecule has 0 aliphatic carbocycles. The summed E-state index contributed by atoms with van der Waals surface area (Å²) in [6.45, 7) is 6.16. The van der Waals surface area contributed by atoms with Gasteiger partial charge in [-0.2, -0.15) is 0 Å². The number of benzene rings is 1. The predicted octanol–water partition coefficient (Wildman–Crippen LogP) is 2.93. The van der Waals surface area contributed by atoms with Crippen molar-refractivity contribution in [1.29, 1.82) is 0 Å². The van der Waals surface area contributed by atoms with Gasteiger partial charge >= 0.3 is 0 Å². The minimum atomic E-state index is -0.167. The molecule has 1 amide bonds. The van der Waals surface area contributed by atoms with Crippen molar-refractivity contribution in [3.05, 3.63) is 40.3 Å². The standard InChI is InChI=1S/C23H31N5O3S2/c1-30-13-8-24-23(32)28-9-6-17(7-10-28)22-26-19(16-33-22)21(29)25-18-4-2-3-5-20(18)27-11-14-31-15-12-27/h2-5,16-17H,6-15H2,1H3,(H,24,32)(H,25,29). The first-order valence-electron chi connectivity index (χ1n) is 11.4. The lowest BCUT2D eigenvalue weighted by Gasteiger charge is -2.33. The maximum absolute atomic E-state index is 13.0. The van der Waals surface area contributed by atoms with E-state index in [1.807, 2.05) is 29.6 Å². The number of likely N-dealkylation sites (tertiary alicyclic amines) is 1. The lowest BCUT2D eigenvalue weighted by Crippen LogP contribution is -2.44. The van der Waals surface area contributed by atoms with E-state index < -0.39 is 0 Å². The number of morpholine rings is 1. The van der Waals surface area contributed by atoms with Gasteiger partial charge in [0.2, 0.25) is 0 Å². The SMILES string of the molecule is COCCNC(=S)N1CCC(c2nc(C(=O)Nc3ccccc3N3CCOCC3)cs2)CC1. The second kappa shape index (κ2) is 11.7. The van der Waals surface area contributed by atoms with Crippen LogP contribution in [-0.4, -0.2) is 80.6 Å². The van der Waals surface area contributed by atoms with Gasteiger partial charge in [-0.25, -0.2) is 4.98 Å². The fourth-order valence-corrected chi connectivity index (χ4v) is 5.38. The van der Waals surface area contributed by atoms with Crippen molar-refractivity contribution in [2.24, 2.45) is 0 Å². The molecule has 4 rings (SSSR count). The van der Waals surface area contributed by atoms with Gasteiger partial charge in [-0.1, -0.05) is 12.1 Å². The van der Waals surface area contributed by atoms with Crippen LogP contribution in [0.5, 0.6) is 0 Å². The molecule has 2 saturated heterocycles. The minimum absolute atomic E-state index is 0.167. The summed E-state index contributed by atoms with van der Waals surface area (Å²) < 4.78 is 10.5. The third kappa shape index (κ3) is 6.20. The van der Waals surface area contributed by atoms with Crippen molar-refractivity contribution in [2.75, 3.05) is 69.9 Å². The molecule has 178 valence electrons. The first kappa shape index (κ1) is 23.9. The quantitative estimate of drug-likeness (QED) is 0.454. The zero-order valence-corrected chi connectivity index (χ0v) is 20.6. The Morgan fingerprint density at radius 1 is 1.24 bits per heavy atom. The van der Waals surface area contributed by atoms with Crippen molar-refractivity contribution in [1.82, 2.24) is 15.2 Å². The van der Waals surface area contributed by atoms with E-state index in [4.69, 9.17) is 26.7 Å². The van der Waals surface area contributed by atoms with Gasteiger partial charge in [0, 0.05) is 51.1 Å². The Bertz CT molecular complexity index is 940. The highest BCUT2D eigenvalue weighted by Crippen LogP contribution is 2.31. The van der Waals surface area contributed by atoms with E-state index in [0.717, 1.165) is 67.1 Å². The Hall–Kier alpha value is -2.27. The van der Waals surface area contributed by atoms with Gasteiger partial charge in [0.1, 0.15) is 5.69 Å². The Morgan fingerprint density at radius 3 is 2.76 bits per heavy atom. The lowest BCUT2D eigenvalue weighted by atomic mass is 9.98. The number of hydrogen-bond donors (Lipinski definition) is 2. The Balaban J connectivity index is 1.33. The van der Waals surface area contributed by atoms with Crippen molar-refractivity contribution in [3.8, 4) is 0 Å². The number of thiocarbonyl (C=S) groups is 1. The highest BCUT2D eigenvalue weighted by molar-refractivity contribution is 7.80. The number of thiazole rings is 1. The number of nitrogens with one attached hydrogen (secondary N) is 2. The fourth-order valence-electron chi connectivity index (χ4n) is 4.13. The van der Waals surface area contributed by atoms with Crippen LogP contribution in [0.3, 0.4) is 0 Å². The molecule has 10 heteroatoms. The van der Waals surface area contributed by atoms with E-state index in [1.54, 1.807) is 18.4 Å². The number of para-hydroxylation sites is 2. The third-order valence-electron chi connectivity index (χ3n) is 5.97. The van der Waals surface area contributed by atoms with Gasteiger partial charge < -0.3 is 29.9 Å². The normalized spacial score (nSPS) is 17.1. The van der Waals surface area contributed by atoms with E-state index in [0.29, 0.717) is 31.4 Å². The number of anilines is 2. The second-order valence-corrected chi connectivity index (χ2v) is 9.40. The smallest absolute Gasteiger partial charge is 0.275 e. The van der Waals surface area contributed by atoms with Crippen LogP contribution < -0.4 is 15.5 Å². The third-order valence-corrected chi connectivity index (χ3v) is 7.38. The summed E-state index contributed by atoms with van der Waals surface area (Å²) in [6.07, 6.45) is 1.95. The average Bonchev–Trinajstić information content (AvgIpc) is 3.36. The zero-order chi connectivity index (χ0) is 23.0. The maximum atomic E-state index is 13.0. The van der Waals surface area contributed by atoms with Crippen molar-refractivity contribution < 1.29 is 14.3 Å². The van der Waals surface area contributed by atoms with Crippen molar-refractivity contribution >= 4 is 45.9 Å². The van der Waals surface area contributed by atoms with Gasteiger partial charge in [-0.3, -0.25) is 4.79 Å². The molecule has 0 spiro atoms. The van der Waals surface area contributed by atoms with E-state index in [1.165, 1.54) is 0 Å². The van der Waals surface area contributed by atoms with Gasteiger partial charge in [0.25, 0.3) is 5.91 Å². The van der Waals surface area contributed by atoms with Crippen LogP contribution in [0.25, 0.3) is 0 Å². The summed E-state index contributed by atoms with van der Waals surface area (Å²) in [5, 5.41) is 9.97. The Morgan fingerprint density at radius 2 is 2.00 bits per heavy atom. The number of aromatic nitrogens is 1. The summed E-state index contributed by atoms with van der Waals surface area (Å²) in [7, 11) is 1.68. The number of hydrogen-bond acceptors (Lipinski definition) is 7. The number of rotatable bonds is 7. The number of methoxy groups -OCH3 is 1. The van der Waals surface area contributed by atoms with Crippen LogP contribution in [0.4, 0.5) is 11.4 Å². The molecular weight excluding hydrogens is 458 g/mol. The van der Waals surface area contributed by atoms with Crippen LogP contribution in [0, 0.1) is 0 Å². The largest absolute Gasteiger partial charge is 0.383 e. The summed E-state index contributed by atoms with van der Waals surface area (Å²) >= 11 is 7.05. The second-order valence-electron chi connectivity index (χ2n) is 8.13. The van der Waals surface area contributed by atoms with Crippen LogP contribution in [0.15, 0.2) is 29.6 Å². The van der Waals surface area contributed by atoms with Crippen molar-refractivity contribution in [2.45, 2.75) is 18.8 Å². The molecule has 2 fully saturated rings. The maximum Gasteiger partial charge on any atom is 0.275 e. The van der Waals surface area contributed by atoms with E-state index >= 15 is 0 Å². The van der Waals surface area contributed by atoms with E-state index in [9.17, 15) is 4.79 Å². The molecule has 0 saturated carbocycles. The minimum Gasteiger partial charge on any atom is -0.383 e. The van der Waals surface area contributed by atoms with Gasteiger partial charge in [0.15, 0.2) is 5.11 Å². The zero-order valence-electron chi connectivity index (χ0n) is 18.9. The Labute approximate surface area is 204 Å². The lowest BCUT2D eigenvalue weighted by molar-refractivity contribution is 0.102. The van der Waals surface area contributed by atoms with Crippen molar-refractivity contribution in [3.63, 3.8) is 0 Å². The highest BCUT2D eigenvalue weighted by atomic mass is 32.1. The Kier molecular flexibility index (Phi) is 8.49. The van der Waals surface area contributed by atoms with Crippen LogP contribution in [-0.2, 0) is 9.47 Å². The molecule has 8 nitrogen and oxygen atoms in total. The predicted molar refractivity (Wildman–Crippen MR) is 136 cm³/mol. The number of ether oxygens (including phenoxy) is 2. The average molecular weight is 490 g/mol. The van der Waals surface area contributed by atoms with E-state index in [2.05, 4.69) is 20.4 Å². The fraction of sp³-hybridized carbons (Fsp3) is 0.522. The number of carbonyl (C=O) groups excluding carboxylic acids is 1. The molecule has 2 aromatic rings. The number of piperidine rings is 1. The molecule has 1 aromatic heterocycles. The first-order valence-corrected chi connectivity index (χ1v) is 12.6. The summed E-state index contributed by atoms with van der Waals surface area (Å²) in [4.78, 5) is 22.1. The molecule has 2 aliphatic rings. The summed E-state index contributed by atoms with van der Waals surface area (Å²) in [5.41, 5.74) is 2.31. The molecule has 33 heavy (non-hydrogen) atoms. The topological polar surface area (TPSA) is 79.0 Å². The summed E-state index contributed by atoms with van der Waals surface area (Å²) in [6, 6.07) is 7.91. The molecular formula is C23H31N5O3S2. The molecule has 3 heterocycles. The monoisotopic (exact) mass is 489 g/mol. The van der Waals surface area contributed by atoms with Gasteiger partial charge in [-0.15, -0.1) is 11.3 Å². The van der Waals surface area contributed by atoms with Crippen LogP contribution in [0.1, 0.15) is 34.3 Å². The molecule has 1 aromatic carbocycles. The number of nitrogens with zero attached hydrogens (tertiary/aromatic N) is 3. The molecule has 0 atom stereocenters. The van der Waals surface area contributed by atoms with Crippen LogP contribution in [0.2, 0.25) is 0 Å². The highest BCUT2D eigenvalue weighted by Gasteiger charge is 2.25. The molecule has 0 unspecified atom stereocenters. The van der Waals surface area contributed by atoms with E-state index in [-0.39, 0.29) is 5.91 Å².